The second-order valence-corrected chi connectivity index (χ2v) is 3.70. The molecule has 0 saturated carbocycles. The lowest BCUT2D eigenvalue weighted by Crippen LogP contribution is -2.03. The maximum atomic E-state index is 12.8. The average Bonchev–Trinajstić information content (AvgIpc) is 2.75. The van der Waals surface area contributed by atoms with Crippen LogP contribution in [0.15, 0.2) is 30.5 Å². The van der Waals surface area contributed by atoms with Gasteiger partial charge in [-0.2, -0.15) is 4.68 Å². The summed E-state index contributed by atoms with van der Waals surface area (Å²) >= 11 is 0. The minimum Gasteiger partial charge on any atom is -0.383 e. The van der Waals surface area contributed by atoms with E-state index in [0.29, 0.717) is 5.82 Å². The molecular weight excluding hydrogens is 221 g/mol. The van der Waals surface area contributed by atoms with Crippen LogP contribution in [0.25, 0.3) is 11.8 Å². The van der Waals surface area contributed by atoms with Gasteiger partial charge in [-0.15, -0.1) is 5.10 Å². The van der Waals surface area contributed by atoms with Gasteiger partial charge in [0.05, 0.1) is 5.69 Å². The predicted molar refractivity (Wildman–Crippen MR) is 61.8 cm³/mol. The second kappa shape index (κ2) is 4.73. The SMILES string of the molecule is CN(C)C=Cc1nnnn1-c1ccc(F)cc1. The van der Waals surface area contributed by atoms with Crippen LogP contribution >= 0.6 is 0 Å². The molecule has 0 unspecified atom stereocenters. The average molecular weight is 233 g/mol. The number of halogens is 1. The Labute approximate surface area is 98.2 Å². The van der Waals surface area contributed by atoms with Gasteiger partial charge in [-0.3, -0.25) is 0 Å². The summed E-state index contributed by atoms with van der Waals surface area (Å²) in [6.45, 7) is 0. The molecule has 2 rings (SSSR count). The Bertz CT molecular complexity index is 515. The van der Waals surface area contributed by atoms with Crippen LogP contribution in [0.5, 0.6) is 0 Å². The van der Waals surface area contributed by atoms with Crippen molar-refractivity contribution in [2.45, 2.75) is 0 Å². The van der Waals surface area contributed by atoms with E-state index in [1.165, 1.54) is 12.1 Å². The number of rotatable bonds is 3. The molecule has 0 N–H and O–H groups in total. The zero-order chi connectivity index (χ0) is 12.3. The van der Waals surface area contributed by atoms with E-state index in [0.717, 1.165) is 5.69 Å². The molecule has 88 valence electrons. The van der Waals surface area contributed by atoms with Gasteiger partial charge in [0, 0.05) is 26.4 Å². The summed E-state index contributed by atoms with van der Waals surface area (Å²) < 4.78 is 14.3. The van der Waals surface area contributed by atoms with Crippen molar-refractivity contribution >= 4 is 6.08 Å². The highest BCUT2D eigenvalue weighted by atomic mass is 19.1. The maximum Gasteiger partial charge on any atom is 0.181 e. The number of hydrogen-bond acceptors (Lipinski definition) is 4. The zero-order valence-corrected chi connectivity index (χ0v) is 9.58. The Morgan fingerprint density at radius 3 is 2.59 bits per heavy atom. The number of benzene rings is 1. The van der Waals surface area contributed by atoms with Crippen molar-refractivity contribution in [1.82, 2.24) is 25.1 Å². The third-order valence-electron chi connectivity index (χ3n) is 2.09. The molecular formula is C11H12FN5. The predicted octanol–water partition coefficient (Wildman–Crippen LogP) is 1.33. The van der Waals surface area contributed by atoms with Crippen molar-refractivity contribution in [2.75, 3.05) is 14.1 Å². The van der Waals surface area contributed by atoms with Crippen LogP contribution in [0.4, 0.5) is 4.39 Å². The lowest BCUT2D eigenvalue weighted by atomic mass is 10.3. The van der Waals surface area contributed by atoms with Crippen LogP contribution in [0.2, 0.25) is 0 Å². The standard InChI is InChI=1S/C11H12FN5/c1-16(2)8-7-11-13-14-15-17(11)10-5-3-9(12)4-6-10/h3-8H,1-2H3. The summed E-state index contributed by atoms with van der Waals surface area (Å²) in [6, 6.07) is 5.99. The quantitative estimate of drug-likeness (QED) is 0.802. The summed E-state index contributed by atoms with van der Waals surface area (Å²) in [7, 11) is 3.81. The van der Waals surface area contributed by atoms with E-state index >= 15 is 0 Å². The summed E-state index contributed by atoms with van der Waals surface area (Å²) in [5.41, 5.74) is 0.717. The summed E-state index contributed by atoms with van der Waals surface area (Å²) in [5, 5.41) is 11.3. The van der Waals surface area contributed by atoms with Gasteiger partial charge < -0.3 is 4.90 Å². The van der Waals surface area contributed by atoms with Crippen LogP contribution in [-0.2, 0) is 0 Å². The first-order chi connectivity index (χ1) is 8.16. The van der Waals surface area contributed by atoms with Gasteiger partial charge in [-0.05, 0) is 34.7 Å². The van der Waals surface area contributed by atoms with Crippen LogP contribution in [0, 0.1) is 5.82 Å². The smallest absolute Gasteiger partial charge is 0.181 e. The third kappa shape index (κ3) is 2.66. The van der Waals surface area contributed by atoms with Crippen molar-refractivity contribution in [3.63, 3.8) is 0 Å². The molecule has 0 bridgehead atoms. The van der Waals surface area contributed by atoms with Gasteiger partial charge in [-0.1, -0.05) is 0 Å². The fraction of sp³-hybridized carbons (Fsp3) is 0.182. The topological polar surface area (TPSA) is 46.8 Å². The van der Waals surface area contributed by atoms with E-state index in [1.54, 1.807) is 22.9 Å². The highest BCUT2D eigenvalue weighted by Crippen LogP contribution is 2.09. The van der Waals surface area contributed by atoms with Crippen LogP contribution in [-0.4, -0.2) is 39.2 Å². The summed E-state index contributed by atoms with van der Waals surface area (Å²) in [5.74, 6) is 0.303. The molecule has 0 spiro atoms. The lowest BCUT2D eigenvalue weighted by Gasteiger charge is -2.04. The Balaban J connectivity index is 2.33. The molecule has 0 fully saturated rings. The maximum absolute atomic E-state index is 12.8. The van der Waals surface area contributed by atoms with Gasteiger partial charge in [0.15, 0.2) is 5.82 Å². The van der Waals surface area contributed by atoms with E-state index in [9.17, 15) is 4.39 Å². The number of hydrogen-bond donors (Lipinski definition) is 0. The molecule has 0 saturated heterocycles. The molecule has 5 nitrogen and oxygen atoms in total. The highest BCUT2D eigenvalue weighted by Gasteiger charge is 2.04. The fourth-order valence-corrected chi connectivity index (χ4v) is 1.28. The molecule has 0 aliphatic carbocycles. The molecule has 1 aromatic heterocycles. The molecule has 1 aromatic carbocycles. The number of aromatic nitrogens is 4. The molecule has 0 aliphatic heterocycles. The lowest BCUT2D eigenvalue weighted by molar-refractivity contribution is 0.567. The summed E-state index contributed by atoms with van der Waals surface area (Å²) in [4.78, 5) is 1.88. The Kier molecular flexibility index (Phi) is 3.13. The van der Waals surface area contributed by atoms with Gasteiger partial charge in [-0.25, -0.2) is 4.39 Å². The molecule has 0 atom stereocenters. The molecule has 0 radical (unpaired) electrons. The number of tetrazole rings is 1. The molecule has 2 aromatic rings. The van der Waals surface area contributed by atoms with E-state index in [1.807, 2.05) is 25.2 Å². The first kappa shape index (κ1) is 11.3. The van der Waals surface area contributed by atoms with Gasteiger partial charge in [0.1, 0.15) is 5.82 Å². The van der Waals surface area contributed by atoms with Crippen LogP contribution in [0.1, 0.15) is 5.82 Å². The van der Waals surface area contributed by atoms with Crippen molar-refractivity contribution in [3.05, 3.63) is 42.1 Å². The first-order valence-corrected chi connectivity index (χ1v) is 5.06. The second-order valence-electron chi connectivity index (χ2n) is 3.70. The van der Waals surface area contributed by atoms with Crippen LogP contribution in [0.3, 0.4) is 0 Å². The van der Waals surface area contributed by atoms with Crippen molar-refractivity contribution in [2.24, 2.45) is 0 Å². The minimum absolute atomic E-state index is 0.285. The van der Waals surface area contributed by atoms with Gasteiger partial charge >= 0.3 is 0 Å². The molecule has 1 heterocycles. The van der Waals surface area contributed by atoms with Crippen molar-refractivity contribution in [3.8, 4) is 5.69 Å². The zero-order valence-electron chi connectivity index (χ0n) is 9.58. The van der Waals surface area contributed by atoms with Crippen molar-refractivity contribution in [1.29, 1.82) is 0 Å². The molecule has 0 aliphatic rings. The Morgan fingerprint density at radius 2 is 1.94 bits per heavy atom. The third-order valence-corrected chi connectivity index (χ3v) is 2.09. The molecule has 0 amide bonds. The van der Waals surface area contributed by atoms with E-state index in [2.05, 4.69) is 15.5 Å². The minimum atomic E-state index is -0.285. The highest BCUT2D eigenvalue weighted by molar-refractivity contribution is 5.43. The fourth-order valence-electron chi connectivity index (χ4n) is 1.28. The van der Waals surface area contributed by atoms with Gasteiger partial charge in [0.25, 0.3) is 0 Å². The largest absolute Gasteiger partial charge is 0.383 e. The summed E-state index contributed by atoms with van der Waals surface area (Å²) in [6.07, 6.45) is 3.62. The Hall–Kier alpha value is -2.24. The normalized spacial score (nSPS) is 11.0. The van der Waals surface area contributed by atoms with E-state index in [-0.39, 0.29) is 5.82 Å². The monoisotopic (exact) mass is 233 g/mol. The first-order valence-electron chi connectivity index (χ1n) is 5.06. The number of nitrogens with zero attached hydrogens (tertiary/aromatic N) is 5. The molecule has 17 heavy (non-hydrogen) atoms. The molecule has 6 heteroatoms. The Morgan fingerprint density at radius 1 is 1.24 bits per heavy atom. The van der Waals surface area contributed by atoms with Gasteiger partial charge in [0.2, 0.25) is 0 Å². The van der Waals surface area contributed by atoms with E-state index in [4.69, 9.17) is 0 Å². The van der Waals surface area contributed by atoms with Crippen molar-refractivity contribution < 1.29 is 4.39 Å². The van der Waals surface area contributed by atoms with E-state index < -0.39 is 0 Å². The van der Waals surface area contributed by atoms with Crippen LogP contribution < -0.4 is 0 Å².